The predicted molar refractivity (Wildman–Crippen MR) is 122 cm³/mol. The molecule has 8 heteroatoms. The van der Waals surface area contributed by atoms with Crippen molar-refractivity contribution in [3.63, 3.8) is 0 Å². The molecule has 3 aromatic rings. The number of aromatic nitrogens is 2. The summed E-state index contributed by atoms with van der Waals surface area (Å²) in [6, 6.07) is 16.3. The molecule has 7 nitrogen and oxygen atoms in total. The highest BCUT2D eigenvalue weighted by molar-refractivity contribution is 6.30. The van der Waals surface area contributed by atoms with E-state index in [2.05, 4.69) is 15.7 Å². The van der Waals surface area contributed by atoms with Crippen molar-refractivity contribution in [1.82, 2.24) is 14.7 Å². The fourth-order valence-corrected chi connectivity index (χ4v) is 3.99. The molecule has 0 saturated carbocycles. The lowest BCUT2D eigenvalue weighted by Gasteiger charge is -2.32. The van der Waals surface area contributed by atoms with Crippen molar-refractivity contribution >= 4 is 35.0 Å². The van der Waals surface area contributed by atoms with E-state index >= 15 is 0 Å². The molecule has 0 aliphatic carbocycles. The Morgan fingerprint density at radius 3 is 2.55 bits per heavy atom. The summed E-state index contributed by atoms with van der Waals surface area (Å²) < 4.78 is 1.85. The molecule has 4 rings (SSSR count). The van der Waals surface area contributed by atoms with Gasteiger partial charge in [-0.3, -0.25) is 4.79 Å². The van der Waals surface area contributed by atoms with Crippen LogP contribution in [0.5, 0.6) is 0 Å². The largest absolute Gasteiger partial charge is 0.324 e. The third-order valence-electron chi connectivity index (χ3n) is 5.48. The highest BCUT2D eigenvalue weighted by atomic mass is 35.5. The number of halogens is 1. The lowest BCUT2D eigenvalue weighted by Crippen LogP contribution is -2.41. The van der Waals surface area contributed by atoms with Gasteiger partial charge in [-0.25, -0.2) is 9.48 Å². The first-order chi connectivity index (χ1) is 15.0. The van der Waals surface area contributed by atoms with Gasteiger partial charge in [0, 0.05) is 35.4 Å². The highest BCUT2D eigenvalue weighted by Crippen LogP contribution is 2.26. The van der Waals surface area contributed by atoms with Crippen molar-refractivity contribution in [3.05, 3.63) is 76.9 Å². The van der Waals surface area contributed by atoms with Crippen LogP contribution in [-0.2, 0) is 0 Å². The predicted octanol–water partition coefficient (Wildman–Crippen LogP) is 4.97. The third kappa shape index (κ3) is 4.88. The Morgan fingerprint density at radius 1 is 1.03 bits per heavy atom. The average Bonchev–Trinajstić information content (AvgIpc) is 3.22. The minimum Gasteiger partial charge on any atom is -0.324 e. The molecule has 1 aliphatic rings. The molecule has 1 aliphatic heterocycles. The summed E-state index contributed by atoms with van der Waals surface area (Å²) in [4.78, 5) is 27.0. The Morgan fingerprint density at radius 2 is 1.81 bits per heavy atom. The van der Waals surface area contributed by atoms with Crippen LogP contribution in [0.15, 0.2) is 60.8 Å². The number of nitrogens with zero attached hydrogens (tertiary/aromatic N) is 3. The topological polar surface area (TPSA) is 79.3 Å². The van der Waals surface area contributed by atoms with Gasteiger partial charge in [-0.1, -0.05) is 35.9 Å². The number of hydrogen-bond donors (Lipinski definition) is 2. The van der Waals surface area contributed by atoms with Crippen LogP contribution in [0.1, 0.15) is 34.8 Å². The maximum absolute atomic E-state index is 12.7. The molecule has 31 heavy (non-hydrogen) atoms. The van der Waals surface area contributed by atoms with Crippen molar-refractivity contribution in [2.45, 2.75) is 25.8 Å². The molecule has 0 radical (unpaired) electrons. The van der Waals surface area contributed by atoms with Gasteiger partial charge in [-0.15, -0.1) is 0 Å². The number of aryl methyl sites for hydroxylation is 1. The van der Waals surface area contributed by atoms with E-state index in [1.807, 2.05) is 41.9 Å². The molecule has 1 aromatic heterocycles. The Labute approximate surface area is 186 Å². The number of likely N-dealkylation sites (tertiary alicyclic amines) is 1. The molecule has 1 fully saturated rings. The van der Waals surface area contributed by atoms with E-state index in [4.69, 9.17) is 11.6 Å². The van der Waals surface area contributed by atoms with E-state index in [1.54, 1.807) is 35.4 Å². The summed E-state index contributed by atoms with van der Waals surface area (Å²) in [7, 11) is 0. The van der Waals surface area contributed by atoms with Crippen LogP contribution in [0.2, 0.25) is 5.02 Å². The Kier molecular flexibility index (Phi) is 6.23. The summed E-state index contributed by atoms with van der Waals surface area (Å²) >= 11 is 5.98. The number of hydrogen-bond acceptors (Lipinski definition) is 3. The number of carbonyl (C=O) groups excluding carboxylic acids is 2. The second kappa shape index (κ2) is 9.22. The van der Waals surface area contributed by atoms with Crippen LogP contribution in [-0.4, -0.2) is 39.7 Å². The number of anilines is 2. The molecule has 0 spiro atoms. The lowest BCUT2D eigenvalue weighted by atomic mass is 10.1. The van der Waals surface area contributed by atoms with E-state index in [0.29, 0.717) is 35.2 Å². The van der Waals surface area contributed by atoms with Gasteiger partial charge < -0.3 is 15.5 Å². The summed E-state index contributed by atoms with van der Waals surface area (Å²) in [5, 5.41) is 10.9. The van der Waals surface area contributed by atoms with Crippen molar-refractivity contribution < 1.29 is 9.59 Å². The lowest BCUT2D eigenvalue weighted by molar-refractivity contribution is 0.102. The van der Waals surface area contributed by atoms with Crippen LogP contribution in [0.3, 0.4) is 0 Å². The number of piperidine rings is 1. The Balaban J connectivity index is 1.36. The quantitative estimate of drug-likeness (QED) is 0.605. The van der Waals surface area contributed by atoms with Crippen LogP contribution in [0.4, 0.5) is 16.3 Å². The highest BCUT2D eigenvalue weighted by Gasteiger charge is 2.26. The molecular formula is C23H24ClN5O2. The van der Waals surface area contributed by atoms with Gasteiger partial charge in [0.25, 0.3) is 5.91 Å². The van der Waals surface area contributed by atoms with E-state index in [1.165, 1.54) is 0 Å². The van der Waals surface area contributed by atoms with Crippen molar-refractivity contribution in [3.8, 4) is 0 Å². The van der Waals surface area contributed by atoms with E-state index in [0.717, 1.165) is 18.4 Å². The average molecular weight is 438 g/mol. The number of carbonyl (C=O) groups is 2. The standard InChI is InChI=1S/C23H24ClN5O2/c1-16-5-2-3-8-20(16)22(30)27-21-9-12-25-29(21)19-10-13-28(14-11-19)23(31)26-18-7-4-6-17(24)15-18/h2-9,12,15,19H,10-11,13-14H2,1H3,(H,26,31)(H,27,30). The number of rotatable bonds is 4. The van der Waals surface area contributed by atoms with Gasteiger partial charge in [0.1, 0.15) is 5.82 Å². The second-order valence-corrected chi connectivity index (χ2v) is 8.03. The molecule has 2 aromatic carbocycles. The third-order valence-corrected chi connectivity index (χ3v) is 5.71. The zero-order valence-corrected chi connectivity index (χ0v) is 18.0. The van der Waals surface area contributed by atoms with Crippen molar-refractivity contribution in [2.75, 3.05) is 23.7 Å². The van der Waals surface area contributed by atoms with Gasteiger partial charge >= 0.3 is 6.03 Å². The Hall–Kier alpha value is -3.32. The first-order valence-electron chi connectivity index (χ1n) is 10.2. The van der Waals surface area contributed by atoms with Gasteiger partial charge in [0.05, 0.1) is 12.2 Å². The van der Waals surface area contributed by atoms with Crippen LogP contribution < -0.4 is 10.6 Å². The molecule has 3 amide bonds. The van der Waals surface area contributed by atoms with Gasteiger partial charge in [-0.2, -0.15) is 5.10 Å². The van der Waals surface area contributed by atoms with E-state index in [-0.39, 0.29) is 18.0 Å². The zero-order chi connectivity index (χ0) is 21.8. The van der Waals surface area contributed by atoms with Crippen LogP contribution >= 0.6 is 11.6 Å². The minimum atomic E-state index is -0.154. The fourth-order valence-electron chi connectivity index (χ4n) is 3.80. The summed E-state index contributed by atoms with van der Waals surface area (Å²) in [5.74, 6) is 0.508. The molecule has 2 N–H and O–H groups in total. The molecule has 0 atom stereocenters. The number of amides is 3. The molecule has 1 saturated heterocycles. The first kappa shape index (κ1) is 20.9. The van der Waals surface area contributed by atoms with Crippen LogP contribution in [0, 0.1) is 6.92 Å². The van der Waals surface area contributed by atoms with Gasteiger partial charge in [-0.05, 0) is 49.6 Å². The number of nitrogens with one attached hydrogen (secondary N) is 2. The van der Waals surface area contributed by atoms with E-state index in [9.17, 15) is 9.59 Å². The molecule has 2 heterocycles. The van der Waals surface area contributed by atoms with Gasteiger partial charge in [0.2, 0.25) is 0 Å². The fraction of sp³-hybridized carbons (Fsp3) is 0.261. The summed E-state index contributed by atoms with van der Waals surface area (Å²) in [5.41, 5.74) is 2.24. The van der Waals surface area contributed by atoms with Crippen LogP contribution in [0.25, 0.3) is 0 Å². The SMILES string of the molecule is Cc1ccccc1C(=O)Nc1ccnn1C1CCN(C(=O)Nc2cccc(Cl)c2)CC1. The Bertz CT molecular complexity index is 1090. The first-order valence-corrected chi connectivity index (χ1v) is 10.6. The monoisotopic (exact) mass is 437 g/mol. The normalized spacial score (nSPS) is 14.3. The van der Waals surface area contributed by atoms with Crippen molar-refractivity contribution in [1.29, 1.82) is 0 Å². The maximum Gasteiger partial charge on any atom is 0.321 e. The molecule has 160 valence electrons. The number of urea groups is 1. The summed E-state index contributed by atoms with van der Waals surface area (Å²) in [6.45, 7) is 3.11. The number of benzene rings is 2. The second-order valence-electron chi connectivity index (χ2n) is 7.59. The molecule has 0 unspecified atom stereocenters. The smallest absolute Gasteiger partial charge is 0.321 e. The molecule has 0 bridgehead atoms. The summed E-state index contributed by atoms with van der Waals surface area (Å²) in [6.07, 6.45) is 3.18. The van der Waals surface area contributed by atoms with Gasteiger partial charge in [0.15, 0.2) is 0 Å². The van der Waals surface area contributed by atoms with Crippen molar-refractivity contribution in [2.24, 2.45) is 0 Å². The zero-order valence-electron chi connectivity index (χ0n) is 17.2. The van der Waals surface area contributed by atoms with E-state index < -0.39 is 0 Å². The molecular weight excluding hydrogens is 414 g/mol. The maximum atomic E-state index is 12.7. The minimum absolute atomic E-state index is 0.109.